The van der Waals surface area contributed by atoms with Crippen LogP contribution in [0.3, 0.4) is 0 Å². The van der Waals surface area contributed by atoms with Crippen molar-refractivity contribution >= 4 is 51.0 Å². The molecule has 116 valence electrons. The van der Waals surface area contributed by atoms with E-state index in [2.05, 4.69) is 26.5 Å². The molecule has 0 bridgehead atoms. The molecule has 1 N–H and O–H groups in total. The van der Waals surface area contributed by atoms with Crippen LogP contribution in [0.25, 0.3) is 0 Å². The molecule has 0 aliphatic rings. The Morgan fingerprint density at radius 1 is 1.45 bits per heavy atom. The largest absolute Gasteiger partial charge is 0.482 e. The monoisotopic (exact) mass is 400 g/mol. The number of hydrogen-bond donors (Lipinski definition) is 1. The van der Waals surface area contributed by atoms with E-state index >= 15 is 0 Å². The number of carbonyl (C=O) groups is 1. The topological polar surface area (TPSA) is 50.7 Å². The van der Waals surface area contributed by atoms with Gasteiger partial charge in [-0.05, 0) is 59.1 Å². The van der Waals surface area contributed by atoms with Gasteiger partial charge in [0.05, 0.1) is 15.0 Å². The highest BCUT2D eigenvalue weighted by molar-refractivity contribution is 9.10. The summed E-state index contributed by atoms with van der Waals surface area (Å²) in [5, 5.41) is 3.86. The molecular formula is C15H14BrClN2O2S. The molecule has 7 heteroatoms. The molecule has 4 nitrogen and oxygen atoms in total. The maximum absolute atomic E-state index is 11.7. The van der Waals surface area contributed by atoms with Crippen molar-refractivity contribution in [1.29, 1.82) is 0 Å². The van der Waals surface area contributed by atoms with Gasteiger partial charge in [0.25, 0.3) is 5.91 Å². The predicted molar refractivity (Wildman–Crippen MR) is 94.2 cm³/mol. The quantitative estimate of drug-likeness (QED) is 0.599. The van der Waals surface area contributed by atoms with E-state index in [4.69, 9.17) is 16.3 Å². The van der Waals surface area contributed by atoms with Crippen molar-refractivity contribution < 1.29 is 9.53 Å². The van der Waals surface area contributed by atoms with Crippen LogP contribution in [0.2, 0.25) is 4.34 Å². The Balaban J connectivity index is 1.87. The van der Waals surface area contributed by atoms with Crippen LogP contribution >= 0.6 is 38.9 Å². The molecule has 0 aliphatic carbocycles. The molecule has 1 aromatic heterocycles. The van der Waals surface area contributed by atoms with Gasteiger partial charge in [-0.25, -0.2) is 5.43 Å². The maximum Gasteiger partial charge on any atom is 0.277 e. The molecule has 1 heterocycles. The van der Waals surface area contributed by atoms with Crippen LogP contribution < -0.4 is 10.2 Å². The van der Waals surface area contributed by atoms with Crippen LogP contribution in [0.15, 0.2) is 33.8 Å². The molecule has 1 aromatic carbocycles. The van der Waals surface area contributed by atoms with E-state index in [1.165, 1.54) is 11.3 Å². The fourth-order valence-electron chi connectivity index (χ4n) is 1.82. The van der Waals surface area contributed by atoms with Crippen molar-refractivity contribution in [2.75, 3.05) is 6.61 Å². The number of rotatable bonds is 5. The van der Waals surface area contributed by atoms with Crippen molar-refractivity contribution in [2.45, 2.75) is 13.8 Å². The van der Waals surface area contributed by atoms with Crippen molar-refractivity contribution in [1.82, 2.24) is 5.43 Å². The Hall–Kier alpha value is -1.37. The van der Waals surface area contributed by atoms with Crippen LogP contribution in [0.1, 0.15) is 16.0 Å². The number of nitrogens with zero attached hydrogens (tertiary/aromatic N) is 1. The summed E-state index contributed by atoms with van der Waals surface area (Å²) in [6.45, 7) is 3.83. The van der Waals surface area contributed by atoms with Gasteiger partial charge in [0.1, 0.15) is 5.75 Å². The smallest absolute Gasteiger partial charge is 0.277 e. The van der Waals surface area contributed by atoms with E-state index in [1.807, 2.05) is 32.0 Å². The van der Waals surface area contributed by atoms with Crippen LogP contribution in [0.4, 0.5) is 0 Å². The van der Waals surface area contributed by atoms with E-state index < -0.39 is 0 Å². The first kappa shape index (κ1) is 17.0. The molecule has 0 unspecified atom stereocenters. The average Bonchev–Trinajstić information content (AvgIpc) is 2.83. The number of thiophene rings is 1. The van der Waals surface area contributed by atoms with Crippen LogP contribution in [-0.2, 0) is 4.79 Å². The second-order valence-electron chi connectivity index (χ2n) is 4.62. The van der Waals surface area contributed by atoms with Gasteiger partial charge in [-0.1, -0.05) is 17.7 Å². The van der Waals surface area contributed by atoms with Crippen LogP contribution in [0, 0.1) is 13.8 Å². The summed E-state index contributed by atoms with van der Waals surface area (Å²) in [6, 6.07) is 7.54. The molecule has 0 atom stereocenters. The fourth-order valence-corrected chi connectivity index (χ4v) is 3.54. The number of carbonyl (C=O) groups excluding carboxylic acids is 1. The molecule has 2 aromatic rings. The van der Waals surface area contributed by atoms with Gasteiger partial charge >= 0.3 is 0 Å². The van der Waals surface area contributed by atoms with Crippen molar-refractivity contribution in [2.24, 2.45) is 5.10 Å². The molecular weight excluding hydrogens is 388 g/mol. The number of hydrazone groups is 1. The van der Waals surface area contributed by atoms with Crippen LogP contribution in [0.5, 0.6) is 5.75 Å². The second-order valence-corrected chi connectivity index (χ2v) is 7.22. The van der Waals surface area contributed by atoms with Gasteiger partial charge in [0, 0.05) is 4.88 Å². The van der Waals surface area contributed by atoms with Gasteiger partial charge in [-0.3, -0.25) is 4.79 Å². The third kappa shape index (κ3) is 4.83. The van der Waals surface area contributed by atoms with Gasteiger partial charge in [-0.15, -0.1) is 11.3 Å². The Bertz CT molecular complexity index is 692. The Labute approximate surface area is 146 Å². The van der Waals surface area contributed by atoms with Gasteiger partial charge in [0.2, 0.25) is 0 Å². The van der Waals surface area contributed by atoms with E-state index in [9.17, 15) is 4.79 Å². The summed E-state index contributed by atoms with van der Waals surface area (Å²) >= 11 is 10.6. The van der Waals surface area contributed by atoms with Crippen molar-refractivity contribution in [3.05, 3.63) is 49.1 Å². The zero-order chi connectivity index (χ0) is 16.1. The minimum atomic E-state index is -0.328. The zero-order valence-electron chi connectivity index (χ0n) is 12.0. The Morgan fingerprint density at radius 2 is 2.23 bits per heavy atom. The molecule has 22 heavy (non-hydrogen) atoms. The summed E-state index contributed by atoms with van der Waals surface area (Å²) in [5.74, 6) is 0.334. The SMILES string of the molecule is Cc1cc(C)c(OCC(=O)N/N=C\c2ccc(Cl)s2)c(Br)c1. The highest BCUT2D eigenvalue weighted by Crippen LogP contribution is 2.30. The summed E-state index contributed by atoms with van der Waals surface area (Å²) in [4.78, 5) is 12.6. The molecule has 1 amide bonds. The number of ether oxygens (including phenoxy) is 1. The molecule has 0 spiro atoms. The van der Waals surface area contributed by atoms with E-state index in [1.54, 1.807) is 12.3 Å². The third-order valence-corrected chi connectivity index (χ3v) is 4.45. The second kappa shape index (κ2) is 7.76. The number of hydrogen-bond acceptors (Lipinski definition) is 4. The lowest BCUT2D eigenvalue weighted by molar-refractivity contribution is -0.123. The molecule has 0 saturated carbocycles. The fraction of sp³-hybridized carbons (Fsp3) is 0.200. The number of halogens is 2. The first-order chi connectivity index (χ1) is 10.5. The highest BCUT2D eigenvalue weighted by atomic mass is 79.9. The highest BCUT2D eigenvalue weighted by Gasteiger charge is 2.08. The van der Waals surface area contributed by atoms with Gasteiger partial charge in [-0.2, -0.15) is 5.10 Å². The lowest BCUT2D eigenvalue weighted by atomic mass is 10.1. The number of benzene rings is 1. The molecule has 0 radical (unpaired) electrons. The molecule has 0 saturated heterocycles. The maximum atomic E-state index is 11.7. The van der Waals surface area contributed by atoms with Crippen LogP contribution in [-0.4, -0.2) is 18.7 Å². The number of aryl methyl sites for hydroxylation is 2. The summed E-state index contributed by atoms with van der Waals surface area (Å²) < 4.78 is 7.04. The normalized spacial score (nSPS) is 10.9. The Kier molecular flexibility index (Phi) is 5.99. The van der Waals surface area contributed by atoms with E-state index in [0.717, 1.165) is 20.5 Å². The van der Waals surface area contributed by atoms with Gasteiger partial charge < -0.3 is 4.74 Å². The third-order valence-electron chi connectivity index (χ3n) is 2.70. The number of amides is 1. The lowest BCUT2D eigenvalue weighted by Crippen LogP contribution is -2.24. The van der Waals surface area contributed by atoms with E-state index in [0.29, 0.717) is 10.1 Å². The van der Waals surface area contributed by atoms with Crippen molar-refractivity contribution in [3.8, 4) is 5.75 Å². The predicted octanol–water partition coefficient (Wildman–Crippen LogP) is 4.31. The standard InChI is InChI=1S/C15H14BrClN2O2S/c1-9-5-10(2)15(12(16)6-9)21-8-14(20)19-18-7-11-3-4-13(17)22-11/h3-7H,8H2,1-2H3,(H,19,20)/b18-7-. The summed E-state index contributed by atoms with van der Waals surface area (Å²) in [7, 11) is 0. The number of nitrogens with one attached hydrogen (secondary N) is 1. The molecule has 0 fully saturated rings. The van der Waals surface area contributed by atoms with E-state index in [-0.39, 0.29) is 12.5 Å². The first-order valence-electron chi connectivity index (χ1n) is 6.42. The molecule has 0 aliphatic heterocycles. The Morgan fingerprint density at radius 3 is 2.86 bits per heavy atom. The minimum absolute atomic E-state index is 0.106. The van der Waals surface area contributed by atoms with Crippen molar-refractivity contribution in [3.63, 3.8) is 0 Å². The lowest BCUT2D eigenvalue weighted by Gasteiger charge is -2.11. The summed E-state index contributed by atoms with van der Waals surface area (Å²) in [6.07, 6.45) is 1.54. The summed E-state index contributed by atoms with van der Waals surface area (Å²) in [5.41, 5.74) is 4.51. The average molecular weight is 402 g/mol. The first-order valence-corrected chi connectivity index (χ1v) is 8.41. The zero-order valence-corrected chi connectivity index (χ0v) is 15.2. The molecule has 2 rings (SSSR count). The minimum Gasteiger partial charge on any atom is -0.482 e. The van der Waals surface area contributed by atoms with Gasteiger partial charge in [0.15, 0.2) is 6.61 Å².